The summed E-state index contributed by atoms with van der Waals surface area (Å²) in [6.07, 6.45) is 6.86. The Bertz CT molecular complexity index is 1050. The van der Waals surface area contributed by atoms with Crippen molar-refractivity contribution in [2.75, 3.05) is 15.1 Å². The highest BCUT2D eigenvalue weighted by molar-refractivity contribution is 14.1. The Labute approximate surface area is 170 Å². The third-order valence-corrected chi connectivity index (χ3v) is 6.01. The molecule has 27 heavy (non-hydrogen) atoms. The Balaban J connectivity index is 1.83. The summed E-state index contributed by atoms with van der Waals surface area (Å²) in [6, 6.07) is 0. The van der Waals surface area contributed by atoms with E-state index in [1.165, 1.54) is 9.44 Å². The van der Waals surface area contributed by atoms with Gasteiger partial charge in [-0.2, -0.15) is 0 Å². The van der Waals surface area contributed by atoms with Crippen LogP contribution in [0, 0.1) is 13.8 Å². The van der Waals surface area contributed by atoms with Crippen LogP contribution in [-0.4, -0.2) is 38.4 Å². The van der Waals surface area contributed by atoms with Crippen LogP contribution >= 0.6 is 22.9 Å². The molecule has 1 saturated carbocycles. The number of hydrogen-bond acceptors (Lipinski definition) is 7. The van der Waals surface area contributed by atoms with Crippen LogP contribution in [0.2, 0.25) is 0 Å². The Morgan fingerprint density at radius 2 is 2.00 bits per heavy atom. The van der Waals surface area contributed by atoms with Crippen molar-refractivity contribution in [3.8, 4) is 0 Å². The first-order valence-electron chi connectivity index (χ1n) is 8.58. The van der Waals surface area contributed by atoms with Crippen molar-refractivity contribution in [2.45, 2.75) is 39.2 Å². The average Bonchev–Trinajstić information content (AvgIpc) is 3.31. The molecule has 9 heteroatoms. The van der Waals surface area contributed by atoms with Gasteiger partial charge in [0, 0.05) is 18.8 Å². The zero-order valence-corrected chi connectivity index (χ0v) is 17.7. The van der Waals surface area contributed by atoms with E-state index in [-0.39, 0.29) is 11.4 Å². The number of nitrogens with zero attached hydrogens (tertiary/aromatic N) is 6. The maximum atomic E-state index is 13.3. The average molecular weight is 478 g/mol. The minimum absolute atomic E-state index is 0.0544. The number of furan rings is 1. The van der Waals surface area contributed by atoms with E-state index in [2.05, 4.69) is 31.8 Å². The van der Waals surface area contributed by atoms with Crippen LogP contribution in [0.1, 0.15) is 41.6 Å². The Kier molecular flexibility index (Phi) is 4.28. The van der Waals surface area contributed by atoms with Gasteiger partial charge < -0.3 is 9.32 Å². The van der Waals surface area contributed by atoms with E-state index in [4.69, 9.17) is 4.42 Å². The minimum atomic E-state index is -0.239. The number of anilines is 2. The van der Waals surface area contributed by atoms with Crippen molar-refractivity contribution in [1.82, 2.24) is 19.9 Å². The van der Waals surface area contributed by atoms with Crippen molar-refractivity contribution in [1.29, 1.82) is 0 Å². The molecule has 0 N–H and O–H groups in total. The van der Waals surface area contributed by atoms with Gasteiger partial charge in [0.2, 0.25) is 5.71 Å². The highest BCUT2D eigenvalue weighted by Gasteiger charge is 2.43. The predicted molar refractivity (Wildman–Crippen MR) is 110 cm³/mol. The smallest absolute Gasteiger partial charge is 0.272 e. The number of halogens is 1. The lowest BCUT2D eigenvalue weighted by Gasteiger charge is -2.26. The van der Waals surface area contributed by atoms with Gasteiger partial charge in [0.1, 0.15) is 17.9 Å². The lowest BCUT2D eigenvalue weighted by molar-refractivity contribution is 0.101. The molecule has 0 bridgehead atoms. The second-order valence-corrected chi connectivity index (χ2v) is 8.04. The summed E-state index contributed by atoms with van der Waals surface area (Å²) in [5.74, 6) is 1.45. The van der Waals surface area contributed by atoms with Crippen molar-refractivity contribution < 1.29 is 9.21 Å². The van der Waals surface area contributed by atoms with Gasteiger partial charge in [-0.3, -0.25) is 9.78 Å². The van der Waals surface area contributed by atoms with E-state index in [1.54, 1.807) is 19.3 Å². The molecule has 0 aromatic carbocycles. The molecule has 0 spiro atoms. The second-order valence-electron chi connectivity index (χ2n) is 7.07. The molecule has 0 atom stereocenters. The molecule has 0 unspecified atom stereocenters. The first kappa shape index (κ1) is 18.1. The summed E-state index contributed by atoms with van der Waals surface area (Å²) in [7, 11) is 2.00. The van der Waals surface area contributed by atoms with E-state index in [1.807, 2.05) is 36.8 Å². The van der Waals surface area contributed by atoms with Gasteiger partial charge in [0.25, 0.3) is 5.91 Å². The van der Waals surface area contributed by atoms with Crippen LogP contribution < -0.4 is 8.01 Å². The van der Waals surface area contributed by atoms with Crippen molar-refractivity contribution >= 4 is 51.5 Å². The molecule has 1 fully saturated rings. The summed E-state index contributed by atoms with van der Waals surface area (Å²) >= 11 is 1.94. The lowest BCUT2D eigenvalue weighted by atomic mass is 10.1. The van der Waals surface area contributed by atoms with E-state index >= 15 is 0 Å². The molecule has 4 rings (SSSR count). The number of rotatable bonds is 4. The van der Waals surface area contributed by atoms with Gasteiger partial charge in [-0.15, -0.1) is 0 Å². The van der Waals surface area contributed by atoms with Crippen LogP contribution in [0.15, 0.2) is 23.1 Å². The van der Waals surface area contributed by atoms with Crippen LogP contribution in [-0.2, 0) is 0 Å². The maximum absolute atomic E-state index is 13.3. The zero-order chi connectivity index (χ0) is 19.3. The summed E-state index contributed by atoms with van der Waals surface area (Å²) in [5.41, 5.74) is 1.66. The monoisotopic (exact) mass is 478 g/mol. The first-order chi connectivity index (χ1) is 12.8. The van der Waals surface area contributed by atoms with Crippen molar-refractivity contribution in [3.63, 3.8) is 0 Å². The fourth-order valence-corrected chi connectivity index (χ4v) is 3.53. The van der Waals surface area contributed by atoms with Crippen LogP contribution in [0.4, 0.5) is 11.6 Å². The number of hydrogen-bond donors (Lipinski definition) is 0. The van der Waals surface area contributed by atoms with E-state index in [0.717, 1.165) is 18.5 Å². The van der Waals surface area contributed by atoms with Gasteiger partial charge in [0.05, 0.1) is 45.7 Å². The Morgan fingerprint density at radius 1 is 1.26 bits per heavy atom. The molecule has 0 saturated heterocycles. The fourth-order valence-electron chi connectivity index (χ4n) is 3.06. The molecule has 3 heterocycles. The number of fused-ring (bicyclic) bond motifs is 1. The van der Waals surface area contributed by atoms with Gasteiger partial charge in [-0.1, -0.05) is 0 Å². The number of aromatic nitrogens is 4. The summed E-state index contributed by atoms with van der Waals surface area (Å²) in [4.78, 5) is 32.6. The van der Waals surface area contributed by atoms with E-state index in [9.17, 15) is 4.79 Å². The molecule has 8 nitrogen and oxygen atoms in total. The summed E-state index contributed by atoms with van der Waals surface area (Å²) < 4.78 is 7.24. The van der Waals surface area contributed by atoms with Crippen LogP contribution in [0.5, 0.6) is 0 Å². The Hall–Kier alpha value is -2.30. The molecule has 0 aliphatic heterocycles. The van der Waals surface area contributed by atoms with Gasteiger partial charge >= 0.3 is 0 Å². The fraction of sp³-hybridized carbons (Fsp3) is 0.389. The molecular formula is C18H19IN6O2. The third-order valence-electron chi connectivity index (χ3n) is 5.08. The SMILES string of the molecule is Cc1cncc(N(I)C(=O)c2c(C)oc3ncnc(N(C)C4(C)CC4)c23)n1. The largest absolute Gasteiger partial charge is 0.442 e. The Morgan fingerprint density at radius 3 is 2.67 bits per heavy atom. The molecule has 140 valence electrons. The number of carbonyl (C=O) groups excluding carboxylic acids is 1. The highest BCUT2D eigenvalue weighted by Crippen LogP contribution is 2.44. The van der Waals surface area contributed by atoms with Crippen molar-refractivity contribution in [2.24, 2.45) is 0 Å². The molecule has 1 aliphatic carbocycles. The lowest BCUT2D eigenvalue weighted by Crippen LogP contribution is -2.32. The first-order valence-corrected chi connectivity index (χ1v) is 9.55. The van der Waals surface area contributed by atoms with Gasteiger partial charge in [-0.25, -0.2) is 18.1 Å². The normalized spacial score (nSPS) is 15.0. The van der Waals surface area contributed by atoms with Gasteiger partial charge in [0.15, 0.2) is 5.82 Å². The molecule has 1 aliphatic rings. The topological polar surface area (TPSA) is 88.2 Å². The molecule has 0 radical (unpaired) electrons. The highest BCUT2D eigenvalue weighted by atomic mass is 127. The molecular weight excluding hydrogens is 459 g/mol. The standard InChI is InChI=1S/C18H19IN6O2/c1-10-7-20-8-12(23-10)25(19)17(26)13-11(2)27-16-14(13)15(21-9-22-16)24(4)18(3)5-6-18/h7-9H,5-6H2,1-4H3. The summed E-state index contributed by atoms with van der Waals surface area (Å²) in [6.45, 7) is 5.79. The molecule has 3 aromatic rings. The van der Waals surface area contributed by atoms with E-state index < -0.39 is 0 Å². The third kappa shape index (κ3) is 3.03. The summed E-state index contributed by atoms with van der Waals surface area (Å²) in [5, 5.41) is 0.637. The molecule has 1 amide bonds. The van der Waals surface area contributed by atoms with Crippen molar-refractivity contribution in [3.05, 3.63) is 35.7 Å². The predicted octanol–water partition coefficient (Wildman–Crippen LogP) is 3.62. The zero-order valence-electron chi connectivity index (χ0n) is 15.5. The molecule has 3 aromatic heterocycles. The number of carbonyl (C=O) groups is 1. The number of aryl methyl sites for hydroxylation is 2. The number of amides is 1. The quantitative estimate of drug-likeness (QED) is 0.418. The van der Waals surface area contributed by atoms with E-state index in [0.29, 0.717) is 34.1 Å². The maximum Gasteiger partial charge on any atom is 0.272 e. The van der Waals surface area contributed by atoms with Crippen LogP contribution in [0.3, 0.4) is 0 Å². The minimum Gasteiger partial charge on any atom is -0.442 e. The van der Waals surface area contributed by atoms with Crippen LogP contribution in [0.25, 0.3) is 11.1 Å². The second kappa shape index (κ2) is 6.39. The van der Waals surface area contributed by atoms with Gasteiger partial charge in [-0.05, 0) is 33.6 Å².